The highest BCUT2D eigenvalue weighted by Crippen LogP contribution is 2.09. The zero-order chi connectivity index (χ0) is 8.69. The van der Waals surface area contributed by atoms with Gasteiger partial charge in [-0.1, -0.05) is 43.7 Å². The van der Waals surface area contributed by atoms with E-state index in [2.05, 4.69) is 32.2 Å². The van der Waals surface area contributed by atoms with Crippen molar-refractivity contribution in [2.24, 2.45) is 5.92 Å². The molecule has 0 aliphatic heterocycles. The molecule has 0 heteroatoms. The lowest BCUT2D eigenvalue weighted by Crippen LogP contribution is -1.89. The highest BCUT2D eigenvalue weighted by molar-refractivity contribution is 5.13. The Morgan fingerprint density at radius 3 is 2.55 bits per heavy atom. The molecule has 0 aliphatic carbocycles. The average Bonchev–Trinajstić information content (AvgIpc) is 1.97. The van der Waals surface area contributed by atoms with Gasteiger partial charge in [0.05, 0.1) is 0 Å². The molecule has 0 fully saturated rings. The molecule has 0 saturated carbocycles. The largest absolute Gasteiger partial charge is 0.102 e. The van der Waals surface area contributed by atoms with E-state index in [-0.39, 0.29) is 0 Å². The molecule has 1 atom stereocenters. The summed E-state index contributed by atoms with van der Waals surface area (Å²) in [7, 11) is 0. The van der Waals surface area contributed by atoms with Crippen LogP contribution < -0.4 is 0 Å². The molecule has 0 aromatic carbocycles. The Hall–Kier alpha value is -0.780. The summed E-state index contributed by atoms with van der Waals surface area (Å²) in [4.78, 5) is 0. The van der Waals surface area contributed by atoms with Crippen LogP contribution >= 0.6 is 0 Å². The summed E-state index contributed by atoms with van der Waals surface area (Å²) in [5.74, 6) is 0.525. The van der Waals surface area contributed by atoms with Crippen LogP contribution in [-0.4, -0.2) is 0 Å². The van der Waals surface area contributed by atoms with Crippen molar-refractivity contribution in [1.29, 1.82) is 0 Å². The second kappa shape index (κ2) is 5.96. The minimum atomic E-state index is 0.525. The minimum Gasteiger partial charge on any atom is -0.102 e. The SMILES string of the molecule is C=CC(/C=C\C(=C)C)CCC. The summed E-state index contributed by atoms with van der Waals surface area (Å²) in [6, 6.07) is 0. The average molecular weight is 150 g/mol. The van der Waals surface area contributed by atoms with Crippen LogP contribution in [0.3, 0.4) is 0 Å². The van der Waals surface area contributed by atoms with Crippen LogP contribution in [-0.2, 0) is 0 Å². The first-order chi connectivity index (χ1) is 5.20. The molecule has 0 aliphatic rings. The van der Waals surface area contributed by atoms with Crippen LogP contribution in [0.5, 0.6) is 0 Å². The Morgan fingerprint density at radius 1 is 1.55 bits per heavy atom. The topological polar surface area (TPSA) is 0 Å². The van der Waals surface area contributed by atoms with Gasteiger partial charge in [-0.2, -0.15) is 0 Å². The van der Waals surface area contributed by atoms with Gasteiger partial charge in [0.1, 0.15) is 0 Å². The molecule has 62 valence electrons. The summed E-state index contributed by atoms with van der Waals surface area (Å²) >= 11 is 0. The van der Waals surface area contributed by atoms with E-state index >= 15 is 0 Å². The smallest absolute Gasteiger partial charge is 0.00531 e. The molecule has 0 aromatic heterocycles. The van der Waals surface area contributed by atoms with Crippen LogP contribution in [0.25, 0.3) is 0 Å². The molecule has 0 radical (unpaired) electrons. The molecule has 1 unspecified atom stereocenters. The van der Waals surface area contributed by atoms with E-state index in [1.165, 1.54) is 12.8 Å². The summed E-state index contributed by atoms with van der Waals surface area (Å²) in [5, 5.41) is 0. The summed E-state index contributed by atoms with van der Waals surface area (Å²) in [6.45, 7) is 11.8. The van der Waals surface area contributed by atoms with Gasteiger partial charge >= 0.3 is 0 Å². The molecule has 0 aromatic rings. The zero-order valence-electron chi connectivity index (χ0n) is 7.64. The van der Waals surface area contributed by atoms with Crippen molar-refractivity contribution >= 4 is 0 Å². The van der Waals surface area contributed by atoms with Crippen LogP contribution in [0, 0.1) is 5.92 Å². The summed E-state index contributed by atoms with van der Waals surface area (Å²) < 4.78 is 0. The van der Waals surface area contributed by atoms with Crippen LogP contribution in [0.4, 0.5) is 0 Å². The predicted octanol–water partition coefficient (Wildman–Crippen LogP) is 3.72. The van der Waals surface area contributed by atoms with Crippen LogP contribution in [0.2, 0.25) is 0 Å². The molecule has 0 nitrogen and oxygen atoms in total. The highest BCUT2D eigenvalue weighted by Gasteiger charge is 1.95. The normalized spacial score (nSPS) is 13.3. The van der Waals surface area contributed by atoms with Gasteiger partial charge in [0.15, 0.2) is 0 Å². The predicted molar refractivity (Wildman–Crippen MR) is 52.5 cm³/mol. The van der Waals surface area contributed by atoms with Crippen molar-refractivity contribution in [3.05, 3.63) is 37.0 Å². The maximum atomic E-state index is 3.80. The number of hydrogen-bond acceptors (Lipinski definition) is 0. The number of allylic oxidation sites excluding steroid dienone is 4. The van der Waals surface area contributed by atoms with Gasteiger partial charge in [0.2, 0.25) is 0 Å². The Kier molecular flexibility index (Phi) is 5.54. The van der Waals surface area contributed by atoms with Gasteiger partial charge in [-0.25, -0.2) is 0 Å². The van der Waals surface area contributed by atoms with Gasteiger partial charge in [-0.3, -0.25) is 0 Å². The Bertz CT molecular complexity index is 151. The first kappa shape index (κ1) is 10.2. The molecule has 0 amide bonds. The third-order valence-corrected chi connectivity index (χ3v) is 1.55. The lowest BCUT2D eigenvalue weighted by Gasteiger charge is -2.03. The van der Waals surface area contributed by atoms with Crippen molar-refractivity contribution in [2.45, 2.75) is 26.7 Å². The molecule has 0 heterocycles. The molecular formula is C11H18. The van der Waals surface area contributed by atoms with E-state index in [1.54, 1.807) is 0 Å². The second-order valence-electron chi connectivity index (χ2n) is 2.89. The fraction of sp³-hybridized carbons (Fsp3) is 0.455. The van der Waals surface area contributed by atoms with E-state index < -0.39 is 0 Å². The van der Waals surface area contributed by atoms with E-state index in [4.69, 9.17) is 0 Å². The first-order valence-electron chi connectivity index (χ1n) is 4.17. The fourth-order valence-corrected chi connectivity index (χ4v) is 0.914. The van der Waals surface area contributed by atoms with E-state index in [0.717, 1.165) is 5.57 Å². The lowest BCUT2D eigenvalue weighted by molar-refractivity contribution is 0.691. The quantitative estimate of drug-likeness (QED) is 0.414. The van der Waals surface area contributed by atoms with Crippen molar-refractivity contribution < 1.29 is 0 Å². The van der Waals surface area contributed by atoms with Crippen molar-refractivity contribution in [3.63, 3.8) is 0 Å². The van der Waals surface area contributed by atoms with E-state index in [0.29, 0.717) is 5.92 Å². The van der Waals surface area contributed by atoms with Gasteiger partial charge < -0.3 is 0 Å². The molecule has 0 bridgehead atoms. The Morgan fingerprint density at radius 2 is 2.18 bits per heavy atom. The third kappa shape index (κ3) is 5.65. The van der Waals surface area contributed by atoms with Crippen molar-refractivity contribution in [3.8, 4) is 0 Å². The maximum absolute atomic E-state index is 3.80. The Labute approximate surface area is 70.3 Å². The van der Waals surface area contributed by atoms with Gasteiger partial charge in [0.25, 0.3) is 0 Å². The first-order valence-corrected chi connectivity index (χ1v) is 4.17. The van der Waals surface area contributed by atoms with Gasteiger partial charge in [-0.15, -0.1) is 6.58 Å². The molecule has 0 saturated heterocycles. The standard InChI is InChI=1S/C11H18/c1-5-7-11(6-2)9-8-10(3)4/h6,8-9,11H,2-3,5,7H2,1,4H3/b9-8-. The zero-order valence-corrected chi connectivity index (χ0v) is 7.64. The molecular weight excluding hydrogens is 132 g/mol. The molecule has 0 N–H and O–H groups in total. The highest BCUT2D eigenvalue weighted by atomic mass is 14.0. The van der Waals surface area contributed by atoms with Crippen LogP contribution in [0.15, 0.2) is 37.0 Å². The monoisotopic (exact) mass is 150 g/mol. The summed E-state index contributed by atoms with van der Waals surface area (Å²) in [5.41, 5.74) is 1.10. The van der Waals surface area contributed by atoms with E-state index in [9.17, 15) is 0 Å². The van der Waals surface area contributed by atoms with Gasteiger partial charge in [0, 0.05) is 0 Å². The molecule has 0 spiro atoms. The van der Waals surface area contributed by atoms with Crippen molar-refractivity contribution in [1.82, 2.24) is 0 Å². The fourth-order valence-electron chi connectivity index (χ4n) is 0.914. The van der Waals surface area contributed by atoms with Crippen LogP contribution in [0.1, 0.15) is 26.7 Å². The van der Waals surface area contributed by atoms with Gasteiger partial charge in [-0.05, 0) is 19.3 Å². The lowest BCUT2D eigenvalue weighted by atomic mass is 10.0. The maximum Gasteiger partial charge on any atom is -0.00531 e. The Balaban J connectivity index is 3.85. The van der Waals surface area contributed by atoms with E-state index in [1.807, 2.05) is 13.0 Å². The summed E-state index contributed by atoms with van der Waals surface area (Å²) in [6.07, 6.45) is 8.61. The third-order valence-electron chi connectivity index (χ3n) is 1.55. The second-order valence-corrected chi connectivity index (χ2v) is 2.89. The number of hydrogen-bond donors (Lipinski definition) is 0. The van der Waals surface area contributed by atoms with Crippen molar-refractivity contribution in [2.75, 3.05) is 0 Å². The molecule has 0 rings (SSSR count). The number of rotatable bonds is 5. The minimum absolute atomic E-state index is 0.525. The molecule has 11 heavy (non-hydrogen) atoms.